The molecule has 0 unspecified atom stereocenters. The lowest BCUT2D eigenvalue weighted by Gasteiger charge is -2.21. The average Bonchev–Trinajstić information content (AvgIpc) is 3.17. The standard InChI is InChI=1S/C21H31N3O2/c25-20(23-19-8-4-2-1-3-5-9-19)16-22-18-12-10-17(11-13-18)21(26)24-14-6-7-15-24/h10-13,19,22H,1-9,14-16H2,(H,23,25). The van der Waals surface area contributed by atoms with Crippen molar-refractivity contribution >= 4 is 17.5 Å². The third kappa shape index (κ3) is 5.48. The van der Waals surface area contributed by atoms with Crippen molar-refractivity contribution in [3.63, 3.8) is 0 Å². The molecule has 1 aromatic carbocycles. The van der Waals surface area contributed by atoms with Crippen LogP contribution in [0.5, 0.6) is 0 Å². The molecule has 1 aliphatic heterocycles. The molecule has 0 spiro atoms. The number of carbonyl (C=O) groups is 2. The Bertz CT molecular complexity index is 586. The highest BCUT2D eigenvalue weighted by molar-refractivity contribution is 5.94. The van der Waals surface area contributed by atoms with Crippen LogP contribution in [0.1, 0.15) is 68.1 Å². The fourth-order valence-corrected chi connectivity index (χ4v) is 3.89. The second kappa shape index (κ2) is 9.60. The van der Waals surface area contributed by atoms with Crippen LogP contribution in [0, 0.1) is 0 Å². The Hall–Kier alpha value is -2.04. The smallest absolute Gasteiger partial charge is 0.253 e. The van der Waals surface area contributed by atoms with Gasteiger partial charge in [0.2, 0.25) is 5.91 Å². The van der Waals surface area contributed by atoms with E-state index in [1.165, 1.54) is 32.1 Å². The second-order valence-corrected chi connectivity index (χ2v) is 7.54. The van der Waals surface area contributed by atoms with E-state index in [9.17, 15) is 9.59 Å². The predicted octanol–water partition coefficient (Wildman–Crippen LogP) is 3.56. The summed E-state index contributed by atoms with van der Waals surface area (Å²) in [5.41, 5.74) is 1.59. The third-order valence-corrected chi connectivity index (χ3v) is 5.45. The molecule has 1 saturated carbocycles. The van der Waals surface area contributed by atoms with Gasteiger partial charge in [0.25, 0.3) is 5.91 Å². The Balaban J connectivity index is 1.43. The number of nitrogens with zero attached hydrogens (tertiary/aromatic N) is 1. The Morgan fingerprint density at radius 1 is 0.885 bits per heavy atom. The zero-order valence-corrected chi connectivity index (χ0v) is 15.6. The van der Waals surface area contributed by atoms with Gasteiger partial charge in [0.15, 0.2) is 0 Å². The van der Waals surface area contributed by atoms with E-state index in [0.29, 0.717) is 6.04 Å². The molecule has 0 atom stereocenters. The van der Waals surface area contributed by atoms with Crippen molar-refractivity contribution in [1.29, 1.82) is 0 Å². The number of benzene rings is 1. The molecule has 0 aromatic heterocycles. The number of nitrogens with one attached hydrogen (secondary N) is 2. The van der Waals surface area contributed by atoms with Crippen LogP contribution in [-0.2, 0) is 4.79 Å². The van der Waals surface area contributed by atoms with E-state index < -0.39 is 0 Å². The zero-order valence-electron chi connectivity index (χ0n) is 15.6. The quantitative estimate of drug-likeness (QED) is 0.847. The fourth-order valence-electron chi connectivity index (χ4n) is 3.89. The third-order valence-electron chi connectivity index (χ3n) is 5.45. The van der Waals surface area contributed by atoms with E-state index in [-0.39, 0.29) is 18.4 Å². The number of amides is 2. The lowest BCUT2D eigenvalue weighted by atomic mass is 9.97. The van der Waals surface area contributed by atoms with E-state index in [0.717, 1.165) is 50.0 Å². The summed E-state index contributed by atoms with van der Waals surface area (Å²) >= 11 is 0. The maximum absolute atomic E-state index is 12.3. The van der Waals surface area contributed by atoms with Gasteiger partial charge in [0, 0.05) is 30.4 Å². The molecular weight excluding hydrogens is 326 g/mol. The molecule has 2 aliphatic rings. The van der Waals surface area contributed by atoms with Crippen molar-refractivity contribution in [2.45, 2.75) is 63.8 Å². The molecule has 5 nitrogen and oxygen atoms in total. The topological polar surface area (TPSA) is 61.4 Å². The van der Waals surface area contributed by atoms with E-state index in [1.54, 1.807) is 0 Å². The van der Waals surface area contributed by atoms with Crippen LogP contribution >= 0.6 is 0 Å². The number of carbonyl (C=O) groups excluding carboxylic acids is 2. The van der Waals surface area contributed by atoms with Gasteiger partial charge in [-0.1, -0.05) is 32.1 Å². The highest BCUT2D eigenvalue weighted by Gasteiger charge is 2.19. The number of rotatable bonds is 5. The van der Waals surface area contributed by atoms with Crippen molar-refractivity contribution in [2.24, 2.45) is 0 Å². The summed E-state index contributed by atoms with van der Waals surface area (Å²) in [7, 11) is 0. The minimum atomic E-state index is 0.0489. The summed E-state index contributed by atoms with van der Waals surface area (Å²) < 4.78 is 0. The minimum absolute atomic E-state index is 0.0489. The van der Waals surface area contributed by atoms with E-state index in [2.05, 4.69) is 10.6 Å². The largest absolute Gasteiger partial charge is 0.376 e. The van der Waals surface area contributed by atoms with Crippen molar-refractivity contribution in [1.82, 2.24) is 10.2 Å². The summed E-state index contributed by atoms with van der Waals surface area (Å²) in [6.45, 7) is 2.00. The van der Waals surface area contributed by atoms with Crippen LogP contribution in [-0.4, -0.2) is 42.4 Å². The molecule has 142 valence electrons. The molecule has 1 aromatic rings. The summed E-state index contributed by atoms with van der Waals surface area (Å²) in [5.74, 6) is 0.156. The summed E-state index contributed by atoms with van der Waals surface area (Å²) in [4.78, 5) is 26.4. The number of likely N-dealkylation sites (tertiary alicyclic amines) is 1. The first-order valence-electron chi connectivity index (χ1n) is 10.1. The van der Waals surface area contributed by atoms with Gasteiger partial charge in [-0.3, -0.25) is 9.59 Å². The van der Waals surface area contributed by atoms with Gasteiger partial charge in [-0.25, -0.2) is 0 Å². The van der Waals surface area contributed by atoms with E-state index in [4.69, 9.17) is 0 Å². The van der Waals surface area contributed by atoms with Crippen molar-refractivity contribution in [2.75, 3.05) is 25.0 Å². The monoisotopic (exact) mass is 357 g/mol. The zero-order chi connectivity index (χ0) is 18.2. The van der Waals surface area contributed by atoms with Gasteiger partial charge in [0.05, 0.1) is 6.54 Å². The van der Waals surface area contributed by atoms with Crippen LogP contribution in [0.2, 0.25) is 0 Å². The van der Waals surface area contributed by atoms with Crippen LogP contribution in [0.15, 0.2) is 24.3 Å². The van der Waals surface area contributed by atoms with Crippen molar-refractivity contribution in [3.8, 4) is 0 Å². The predicted molar refractivity (Wildman–Crippen MR) is 104 cm³/mol. The summed E-state index contributed by atoms with van der Waals surface area (Å²) in [6.07, 6.45) is 10.7. The molecule has 2 amide bonds. The maximum atomic E-state index is 12.3. The molecule has 26 heavy (non-hydrogen) atoms. The highest BCUT2D eigenvalue weighted by atomic mass is 16.2. The van der Waals surface area contributed by atoms with Gasteiger partial charge in [0.1, 0.15) is 0 Å². The van der Waals surface area contributed by atoms with Crippen LogP contribution in [0.4, 0.5) is 5.69 Å². The maximum Gasteiger partial charge on any atom is 0.253 e. The fraction of sp³-hybridized carbons (Fsp3) is 0.619. The molecule has 0 radical (unpaired) electrons. The Kier molecular flexibility index (Phi) is 6.92. The van der Waals surface area contributed by atoms with Gasteiger partial charge in [-0.05, 0) is 49.9 Å². The molecule has 5 heteroatoms. The van der Waals surface area contributed by atoms with E-state index >= 15 is 0 Å². The van der Waals surface area contributed by atoms with Gasteiger partial charge < -0.3 is 15.5 Å². The summed E-state index contributed by atoms with van der Waals surface area (Å²) in [6, 6.07) is 7.77. The van der Waals surface area contributed by atoms with Gasteiger partial charge >= 0.3 is 0 Å². The molecule has 1 aliphatic carbocycles. The first-order chi connectivity index (χ1) is 12.7. The molecule has 1 saturated heterocycles. The number of anilines is 1. The molecule has 0 bridgehead atoms. The van der Waals surface area contributed by atoms with Crippen molar-refractivity contribution < 1.29 is 9.59 Å². The first-order valence-corrected chi connectivity index (χ1v) is 10.1. The highest BCUT2D eigenvalue weighted by Crippen LogP contribution is 2.17. The average molecular weight is 357 g/mol. The van der Waals surface area contributed by atoms with E-state index in [1.807, 2.05) is 29.2 Å². The van der Waals surface area contributed by atoms with Crippen LogP contribution in [0.25, 0.3) is 0 Å². The lowest BCUT2D eigenvalue weighted by Crippen LogP contribution is -2.38. The van der Waals surface area contributed by atoms with Crippen LogP contribution < -0.4 is 10.6 Å². The molecule has 3 rings (SSSR count). The Morgan fingerprint density at radius 3 is 2.15 bits per heavy atom. The van der Waals surface area contributed by atoms with Gasteiger partial charge in [-0.2, -0.15) is 0 Å². The molecular formula is C21H31N3O2. The number of hydrogen-bond acceptors (Lipinski definition) is 3. The number of hydrogen-bond donors (Lipinski definition) is 2. The SMILES string of the molecule is O=C(CNc1ccc(C(=O)N2CCCC2)cc1)NC1CCCCCCC1. The minimum Gasteiger partial charge on any atom is -0.376 e. The molecule has 2 N–H and O–H groups in total. The Labute approximate surface area is 156 Å². The lowest BCUT2D eigenvalue weighted by molar-refractivity contribution is -0.120. The van der Waals surface area contributed by atoms with Crippen LogP contribution in [0.3, 0.4) is 0 Å². The normalized spacial score (nSPS) is 18.8. The Morgan fingerprint density at radius 2 is 1.50 bits per heavy atom. The van der Waals surface area contributed by atoms with Gasteiger partial charge in [-0.15, -0.1) is 0 Å². The first kappa shape index (κ1) is 18.7. The molecule has 2 fully saturated rings. The summed E-state index contributed by atoms with van der Waals surface area (Å²) in [5, 5.41) is 6.32. The van der Waals surface area contributed by atoms with Crippen molar-refractivity contribution in [3.05, 3.63) is 29.8 Å². The molecule has 1 heterocycles. The second-order valence-electron chi connectivity index (χ2n) is 7.54.